The van der Waals surface area contributed by atoms with E-state index in [4.69, 9.17) is 9.47 Å². The zero-order chi connectivity index (χ0) is 16.4. The van der Waals surface area contributed by atoms with Crippen molar-refractivity contribution in [3.63, 3.8) is 0 Å². The maximum Gasteiger partial charge on any atom is 0.160 e. The summed E-state index contributed by atoms with van der Waals surface area (Å²) in [4.78, 5) is 0. The van der Waals surface area contributed by atoms with Crippen LogP contribution >= 0.6 is 0 Å². The fourth-order valence-corrected chi connectivity index (χ4v) is 2.89. The first-order valence-electron chi connectivity index (χ1n) is 7.55. The molecule has 23 heavy (non-hydrogen) atoms. The van der Waals surface area contributed by atoms with Crippen LogP contribution in [-0.4, -0.2) is 30.9 Å². The summed E-state index contributed by atoms with van der Waals surface area (Å²) in [5.41, 5.74) is 0.241. The fourth-order valence-electron chi connectivity index (χ4n) is 2.89. The molecule has 0 radical (unpaired) electrons. The van der Waals surface area contributed by atoms with Gasteiger partial charge < -0.3 is 19.9 Å². The molecule has 0 aliphatic carbocycles. The lowest BCUT2D eigenvalue weighted by Crippen LogP contribution is -2.53. The lowest BCUT2D eigenvalue weighted by atomic mass is 9.88. The largest absolute Gasteiger partial charge is 0.490 e. The highest BCUT2D eigenvalue weighted by atomic mass is 19.1. The zero-order valence-corrected chi connectivity index (χ0v) is 13.2. The van der Waals surface area contributed by atoms with Crippen molar-refractivity contribution >= 4 is 0 Å². The van der Waals surface area contributed by atoms with Crippen molar-refractivity contribution in [2.75, 3.05) is 20.2 Å². The normalized spacial score (nSPS) is 23.0. The molecule has 2 aromatic carbocycles. The summed E-state index contributed by atoms with van der Waals surface area (Å²) < 4.78 is 25.1. The maximum absolute atomic E-state index is 13.3. The van der Waals surface area contributed by atoms with Crippen LogP contribution in [0.3, 0.4) is 0 Å². The van der Waals surface area contributed by atoms with Crippen molar-refractivity contribution in [3.8, 4) is 11.5 Å². The number of benzene rings is 2. The van der Waals surface area contributed by atoms with Crippen molar-refractivity contribution in [1.82, 2.24) is 5.32 Å². The van der Waals surface area contributed by atoms with E-state index in [0.29, 0.717) is 23.6 Å². The number of fused-ring (bicyclic) bond motifs is 1. The molecule has 122 valence electrons. The van der Waals surface area contributed by atoms with Gasteiger partial charge in [-0.1, -0.05) is 18.2 Å². The second-order valence-corrected chi connectivity index (χ2v) is 5.87. The van der Waals surface area contributed by atoms with Gasteiger partial charge in [0.05, 0.1) is 0 Å². The molecule has 0 amide bonds. The molecule has 0 saturated carbocycles. The Morgan fingerprint density at radius 1 is 1.35 bits per heavy atom. The quantitative estimate of drug-likeness (QED) is 0.910. The standard InChI is InChI=1S/C18H20FNO3/c1-12-9-13(19)7-8-15(12)23-17-14-5-3-4-6-16(14)22-11-18(17,21)10-20-2/h3-9,17,20-21H,10-11H2,1-2H3/t17-,18-/m0/s1. The Labute approximate surface area is 134 Å². The summed E-state index contributed by atoms with van der Waals surface area (Å²) in [5, 5.41) is 14.0. The Balaban J connectivity index is 2.00. The molecule has 0 fully saturated rings. The van der Waals surface area contributed by atoms with Crippen molar-refractivity contribution < 1.29 is 19.0 Å². The van der Waals surface area contributed by atoms with E-state index in [-0.39, 0.29) is 12.4 Å². The van der Waals surface area contributed by atoms with E-state index < -0.39 is 11.7 Å². The van der Waals surface area contributed by atoms with Gasteiger partial charge in [-0.2, -0.15) is 0 Å². The summed E-state index contributed by atoms with van der Waals surface area (Å²) in [5.74, 6) is 0.924. The third-order valence-corrected chi connectivity index (χ3v) is 4.03. The average molecular weight is 317 g/mol. The molecule has 4 nitrogen and oxygen atoms in total. The maximum atomic E-state index is 13.3. The van der Waals surface area contributed by atoms with Crippen LogP contribution in [0.25, 0.3) is 0 Å². The van der Waals surface area contributed by atoms with Crippen LogP contribution in [0.1, 0.15) is 17.2 Å². The Morgan fingerprint density at radius 2 is 2.13 bits per heavy atom. The molecule has 1 aliphatic rings. The van der Waals surface area contributed by atoms with E-state index in [1.807, 2.05) is 24.3 Å². The molecule has 1 aliphatic heterocycles. The first kappa shape index (κ1) is 15.8. The van der Waals surface area contributed by atoms with Crippen LogP contribution in [0.4, 0.5) is 4.39 Å². The van der Waals surface area contributed by atoms with Crippen LogP contribution in [0.15, 0.2) is 42.5 Å². The van der Waals surface area contributed by atoms with Crippen LogP contribution in [0.5, 0.6) is 11.5 Å². The number of halogens is 1. The first-order chi connectivity index (χ1) is 11.0. The monoisotopic (exact) mass is 317 g/mol. The Morgan fingerprint density at radius 3 is 2.87 bits per heavy atom. The van der Waals surface area contributed by atoms with E-state index in [2.05, 4.69) is 5.32 Å². The predicted molar refractivity (Wildman–Crippen MR) is 85.3 cm³/mol. The number of hydrogen-bond acceptors (Lipinski definition) is 4. The number of nitrogens with one attached hydrogen (secondary N) is 1. The van der Waals surface area contributed by atoms with E-state index in [1.165, 1.54) is 12.1 Å². The molecule has 2 aromatic rings. The Kier molecular flexibility index (Phi) is 4.24. The third-order valence-electron chi connectivity index (χ3n) is 4.03. The van der Waals surface area contributed by atoms with Gasteiger partial charge in [0, 0.05) is 12.1 Å². The summed E-state index contributed by atoms with van der Waals surface area (Å²) in [6.45, 7) is 2.21. The summed E-state index contributed by atoms with van der Waals surface area (Å²) >= 11 is 0. The van der Waals surface area contributed by atoms with E-state index in [0.717, 1.165) is 5.56 Å². The SMILES string of the molecule is CNC[C@]1(O)COc2ccccc2[C@@H]1Oc1ccc(F)cc1C. The number of aryl methyl sites for hydroxylation is 1. The molecule has 0 bridgehead atoms. The number of rotatable bonds is 4. The molecule has 0 saturated heterocycles. The lowest BCUT2D eigenvalue weighted by molar-refractivity contribution is -0.101. The van der Waals surface area contributed by atoms with Gasteiger partial charge in [0.1, 0.15) is 23.9 Å². The smallest absolute Gasteiger partial charge is 0.160 e. The highest BCUT2D eigenvalue weighted by Crippen LogP contribution is 2.41. The van der Waals surface area contributed by atoms with Gasteiger partial charge in [-0.3, -0.25) is 0 Å². The molecule has 2 N–H and O–H groups in total. The molecule has 0 aromatic heterocycles. The van der Waals surface area contributed by atoms with Gasteiger partial charge in [0.25, 0.3) is 0 Å². The van der Waals surface area contributed by atoms with Crippen molar-refractivity contribution in [1.29, 1.82) is 0 Å². The molecule has 1 heterocycles. The highest BCUT2D eigenvalue weighted by Gasteiger charge is 2.45. The summed E-state index contributed by atoms with van der Waals surface area (Å²) in [6, 6.07) is 11.8. The van der Waals surface area contributed by atoms with Crippen molar-refractivity contribution in [2.45, 2.75) is 18.6 Å². The number of likely N-dealkylation sites (N-methyl/N-ethyl adjacent to an activating group) is 1. The molecule has 0 unspecified atom stereocenters. The third kappa shape index (κ3) is 3.02. The molecule has 2 atom stereocenters. The minimum atomic E-state index is -1.22. The first-order valence-corrected chi connectivity index (χ1v) is 7.55. The van der Waals surface area contributed by atoms with Crippen molar-refractivity contribution in [3.05, 3.63) is 59.4 Å². The summed E-state index contributed by atoms with van der Waals surface area (Å²) in [6.07, 6.45) is -0.607. The summed E-state index contributed by atoms with van der Waals surface area (Å²) in [7, 11) is 1.76. The van der Waals surface area contributed by atoms with Crippen molar-refractivity contribution in [2.24, 2.45) is 0 Å². The second kappa shape index (κ2) is 6.18. The van der Waals surface area contributed by atoms with Gasteiger partial charge in [0.2, 0.25) is 0 Å². The number of hydrogen-bond donors (Lipinski definition) is 2. The minimum absolute atomic E-state index is 0.121. The van der Waals surface area contributed by atoms with Crippen LogP contribution < -0.4 is 14.8 Å². The van der Waals surface area contributed by atoms with E-state index >= 15 is 0 Å². The zero-order valence-electron chi connectivity index (χ0n) is 13.2. The number of para-hydroxylation sites is 1. The van der Waals surface area contributed by atoms with Crippen LogP contribution in [-0.2, 0) is 0 Å². The highest BCUT2D eigenvalue weighted by molar-refractivity contribution is 5.41. The second-order valence-electron chi connectivity index (χ2n) is 5.87. The molecular formula is C18H20FNO3. The Bertz CT molecular complexity index is 706. The number of ether oxygens (including phenoxy) is 2. The number of aliphatic hydroxyl groups is 1. The van der Waals surface area contributed by atoms with Gasteiger partial charge in [0.15, 0.2) is 11.7 Å². The fraction of sp³-hybridized carbons (Fsp3) is 0.333. The van der Waals surface area contributed by atoms with E-state index in [1.54, 1.807) is 20.0 Å². The molecular weight excluding hydrogens is 297 g/mol. The van der Waals surface area contributed by atoms with E-state index in [9.17, 15) is 9.50 Å². The lowest BCUT2D eigenvalue weighted by Gasteiger charge is -2.40. The average Bonchev–Trinajstić information content (AvgIpc) is 2.52. The van der Waals surface area contributed by atoms with Gasteiger partial charge in [-0.05, 0) is 43.8 Å². The molecule has 3 rings (SSSR count). The topological polar surface area (TPSA) is 50.7 Å². The molecule has 0 spiro atoms. The van der Waals surface area contributed by atoms with Crippen LogP contribution in [0, 0.1) is 12.7 Å². The van der Waals surface area contributed by atoms with Gasteiger partial charge >= 0.3 is 0 Å². The van der Waals surface area contributed by atoms with Gasteiger partial charge in [-0.25, -0.2) is 4.39 Å². The predicted octanol–water partition coefficient (Wildman–Crippen LogP) is 2.60. The minimum Gasteiger partial charge on any atom is -0.490 e. The Hall–Kier alpha value is -2.11. The van der Waals surface area contributed by atoms with Crippen LogP contribution in [0.2, 0.25) is 0 Å². The van der Waals surface area contributed by atoms with Gasteiger partial charge in [-0.15, -0.1) is 0 Å². The molecule has 5 heteroatoms.